The van der Waals surface area contributed by atoms with Gasteiger partial charge in [-0.2, -0.15) is 0 Å². The number of aromatic hydroxyl groups is 1. The van der Waals surface area contributed by atoms with Gasteiger partial charge >= 0.3 is 5.97 Å². The molecule has 0 amide bonds. The Bertz CT molecular complexity index is 535. The fraction of sp³-hybridized carbons (Fsp3) is 0.357. The normalized spacial score (nSPS) is 14.5. The molecule has 0 bridgehead atoms. The third-order valence-corrected chi connectivity index (χ3v) is 2.92. The topological polar surface area (TPSA) is 66.8 Å². The number of hydrogen-bond donors (Lipinski definition) is 2. The summed E-state index contributed by atoms with van der Waals surface area (Å²) in [5, 5.41) is 18.9. The molecule has 1 aromatic rings. The van der Waals surface area contributed by atoms with E-state index in [0.717, 1.165) is 5.56 Å². The summed E-state index contributed by atoms with van der Waals surface area (Å²) in [4.78, 5) is 10.9. The molecule has 4 nitrogen and oxygen atoms in total. The van der Waals surface area contributed by atoms with Crippen LogP contribution in [-0.2, 0) is 10.2 Å². The molecule has 0 aromatic heterocycles. The molecular weight excluding hydrogens is 232 g/mol. The van der Waals surface area contributed by atoms with Gasteiger partial charge in [-0.15, -0.1) is 0 Å². The zero-order chi connectivity index (χ0) is 13.5. The van der Waals surface area contributed by atoms with Crippen LogP contribution < -0.4 is 4.74 Å². The van der Waals surface area contributed by atoms with Gasteiger partial charge in [-0.05, 0) is 23.6 Å². The van der Waals surface area contributed by atoms with Crippen molar-refractivity contribution in [3.05, 3.63) is 28.8 Å². The molecular formula is C14H16O4. The minimum Gasteiger partial charge on any atom is -0.508 e. The number of phenols is 1. The monoisotopic (exact) mass is 248 g/mol. The van der Waals surface area contributed by atoms with Crippen molar-refractivity contribution in [1.82, 2.24) is 0 Å². The lowest BCUT2D eigenvalue weighted by atomic mass is 9.85. The van der Waals surface area contributed by atoms with E-state index in [1.807, 2.05) is 20.8 Å². The Morgan fingerprint density at radius 3 is 2.56 bits per heavy atom. The zero-order valence-corrected chi connectivity index (χ0v) is 10.7. The first-order valence-corrected chi connectivity index (χ1v) is 5.73. The van der Waals surface area contributed by atoms with E-state index in [9.17, 15) is 9.90 Å². The Hall–Kier alpha value is -1.97. The van der Waals surface area contributed by atoms with Crippen LogP contribution in [0.3, 0.4) is 0 Å². The second kappa shape index (κ2) is 4.05. The summed E-state index contributed by atoms with van der Waals surface area (Å²) in [6.45, 7) is 6.04. The van der Waals surface area contributed by atoms with Crippen LogP contribution >= 0.6 is 0 Å². The Labute approximate surface area is 106 Å². The number of ether oxygens (including phenoxy) is 1. The van der Waals surface area contributed by atoms with Gasteiger partial charge in [-0.25, -0.2) is 4.79 Å². The van der Waals surface area contributed by atoms with Gasteiger partial charge in [0.25, 0.3) is 0 Å². The molecule has 2 rings (SSSR count). The Morgan fingerprint density at radius 2 is 2.00 bits per heavy atom. The van der Waals surface area contributed by atoms with Crippen molar-refractivity contribution in [2.75, 3.05) is 6.61 Å². The smallest absolute Gasteiger partial charge is 0.335 e. The first-order chi connectivity index (χ1) is 8.29. The number of aliphatic carboxylic acids is 1. The Kier molecular flexibility index (Phi) is 2.81. The van der Waals surface area contributed by atoms with Crippen LogP contribution in [0, 0.1) is 0 Å². The molecule has 1 heterocycles. The minimum atomic E-state index is -1.000. The summed E-state index contributed by atoms with van der Waals surface area (Å²) in [6.07, 6.45) is 1.54. The van der Waals surface area contributed by atoms with E-state index < -0.39 is 5.97 Å². The first kappa shape index (κ1) is 12.5. The maximum absolute atomic E-state index is 10.9. The fourth-order valence-corrected chi connectivity index (χ4v) is 1.93. The molecule has 0 spiro atoms. The van der Waals surface area contributed by atoms with E-state index in [4.69, 9.17) is 9.84 Å². The largest absolute Gasteiger partial charge is 0.508 e. The Morgan fingerprint density at radius 1 is 1.33 bits per heavy atom. The van der Waals surface area contributed by atoms with Crippen molar-refractivity contribution in [3.8, 4) is 11.5 Å². The van der Waals surface area contributed by atoms with Crippen LogP contribution in [0.25, 0.3) is 6.08 Å². The first-order valence-electron chi connectivity index (χ1n) is 5.73. The molecule has 96 valence electrons. The van der Waals surface area contributed by atoms with E-state index in [1.54, 1.807) is 12.1 Å². The molecule has 1 aromatic carbocycles. The summed E-state index contributed by atoms with van der Waals surface area (Å²) in [5.74, 6) is -0.226. The standard InChI is InChI=1S/C14H16O4/c1-14(2,3)10-6-12-8(5-11(10)15)4-9(7-18-12)13(16)17/h4-6,15H,7H2,1-3H3,(H,16,17). The molecule has 2 N–H and O–H groups in total. The highest BCUT2D eigenvalue weighted by Crippen LogP contribution is 2.38. The molecule has 0 unspecified atom stereocenters. The number of carbonyl (C=O) groups is 1. The van der Waals surface area contributed by atoms with Gasteiger partial charge in [0.05, 0.1) is 5.57 Å². The van der Waals surface area contributed by atoms with Crippen molar-refractivity contribution in [2.45, 2.75) is 26.2 Å². The highest BCUT2D eigenvalue weighted by atomic mass is 16.5. The molecule has 0 saturated heterocycles. The second-order valence-electron chi connectivity index (χ2n) is 5.42. The molecule has 0 radical (unpaired) electrons. The van der Waals surface area contributed by atoms with Gasteiger partial charge in [0.1, 0.15) is 18.1 Å². The fourth-order valence-electron chi connectivity index (χ4n) is 1.93. The summed E-state index contributed by atoms with van der Waals surface area (Å²) in [5.41, 5.74) is 1.38. The lowest BCUT2D eigenvalue weighted by Gasteiger charge is -2.24. The third kappa shape index (κ3) is 2.18. The van der Waals surface area contributed by atoms with Crippen molar-refractivity contribution in [3.63, 3.8) is 0 Å². The molecule has 1 aliphatic rings. The van der Waals surface area contributed by atoms with E-state index in [0.29, 0.717) is 11.3 Å². The summed E-state index contributed by atoms with van der Waals surface area (Å²) < 4.78 is 5.43. The lowest BCUT2D eigenvalue weighted by molar-refractivity contribution is -0.132. The van der Waals surface area contributed by atoms with Gasteiger partial charge in [-0.1, -0.05) is 20.8 Å². The number of phenolic OH excluding ortho intramolecular Hbond substituents is 1. The predicted molar refractivity (Wildman–Crippen MR) is 67.9 cm³/mol. The van der Waals surface area contributed by atoms with Crippen molar-refractivity contribution < 1.29 is 19.7 Å². The summed E-state index contributed by atoms with van der Waals surface area (Å²) >= 11 is 0. The number of rotatable bonds is 1. The molecule has 4 heteroatoms. The predicted octanol–water partition coefficient (Wildman–Crippen LogP) is 2.55. The molecule has 0 saturated carbocycles. The van der Waals surface area contributed by atoms with E-state index in [1.165, 1.54) is 6.08 Å². The highest BCUT2D eigenvalue weighted by molar-refractivity contribution is 5.94. The van der Waals surface area contributed by atoms with Crippen LogP contribution in [0.4, 0.5) is 0 Å². The van der Waals surface area contributed by atoms with Gasteiger partial charge in [0.15, 0.2) is 0 Å². The molecule has 0 aliphatic carbocycles. The van der Waals surface area contributed by atoms with Gasteiger partial charge < -0.3 is 14.9 Å². The SMILES string of the molecule is CC(C)(C)c1cc2c(cc1O)C=C(C(=O)O)CO2. The number of carboxylic acids is 1. The summed E-state index contributed by atoms with van der Waals surface area (Å²) in [6, 6.07) is 3.33. The van der Waals surface area contributed by atoms with E-state index in [2.05, 4.69) is 0 Å². The molecule has 18 heavy (non-hydrogen) atoms. The average Bonchev–Trinajstić information content (AvgIpc) is 2.25. The van der Waals surface area contributed by atoms with E-state index in [-0.39, 0.29) is 23.3 Å². The van der Waals surface area contributed by atoms with Crippen molar-refractivity contribution >= 4 is 12.0 Å². The molecule has 1 aliphatic heterocycles. The average molecular weight is 248 g/mol. The number of hydrogen-bond acceptors (Lipinski definition) is 3. The van der Waals surface area contributed by atoms with Gasteiger partial charge in [0.2, 0.25) is 0 Å². The minimum absolute atomic E-state index is 0.0523. The van der Waals surface area contributed by atoms with Crippen LogP contribution in [0.15, 0.2) is 17.7 Å². The maximum Gasteiger partial charge on any atom is 0.335 e. The zero-order valence-electron chi connectivity index (χ0n) is 10.7. The highest BCUT2D eigenvalue weighted by Gasteiger charge is 2.23. The van der Waals surface area contributed by atoms with Crippen LogP contribution in [0.2, 0.25) is 0 Å². The third-order valence-electron chi connectivity index (χ3n) is 2.92. The number of fused-ring (bicyclic) bond motifs is 1. The van der Waals surface area contributed by atoms with Crippen LogP contribution in [0.1, 0.15) is 31.9 Å². The quantitative estimate of drug-likeness (QED) is 0.801. The lowest BCUT2D eigenvalue weighted by Crippen LogP contribution is -2.16. The van der Waals surface area contributed by atoms with E-state index >= 15 is 0 Å². The number of benzene rings is 1. The van der Waals surface area contributed by atoms with Gasteiger partial charge in [0, 0.05) is 11.1 Å². The van der Waals surface area contributed by atoms with Crippen LogP contribution in [0.5, 0.6) is 11.5 Å². The van der Waals surface area contributed by atoms with Crippen LogP contribution in [-0.4, -0.2) is 22.8 Å². The molecule has 0 fully saturated rings. The molecule has 0 atom stereocenters. The van der Waals surface area contributed by atoms with Crippen molar-refractivity contribution in [2.24, 2.45) is 0 Å². The van der Waals surface area contributed by atoms with Crippen molar-refractivity contribution in [1.29, 1.82) is 0 Å². The second-order valence-corrected chi connectivity index (χ2v) is 5.42. The Balaban J connectivity index is 2.52. The maximum atomic E-state index is 10.9. The summed E-state index contributed by atoms with van der Waals surface area (Å²) in [7, 11) is 0. The number of carboxylic acid groups (broad SMARTS) is 1. The van der Waals surface area contributed by atoms with Gasteiger partial charge in [-0.3, -0.25) is 0 Å².